The van der Waals surface area contributed by atoms with E-state index in [4.69, 9.17) is 4.74 Å². The molecule has 0 atom stereocenters. The minimum absolute atomic E-state index is 0.00556. The Morgan fingerprint density at radius 2 is 2.11 bits per heavy atom. The number of para-hydroxylation sites is 1. The van der Waals surface area contributed by atoms with Crippen LogP contribution in [0.5, 0.6) is 5.88 Å². The number of aromatic nitrogens is 1. The van der Waals surface area contributed by atoms with Crippen LogP contribution in [0, 0.1) is 0 Å². The average Bonchev–Trinajstić information content (AvgIpc) is 2.77. The fraction of sp³-hybridized carbons (Fsp3) is 0.231. The molecular formula is C13H14NO3SSe+. The van der Waals surface area contributed by atoms with Crippen LogP contribution in [0.1, 0.15) is 16.2 Å². The quantitative estimate of drug-likeness (QED) is 0.397. The van der Waals surface area contributed by atoms with Crippen molar-refractivity contribution in [2.75, 3.05) is 12.9 Å². The van der Waals surface area contributed by atoms with E-state index >= 15 is 0 Å². The predicted molar refractivity (Wildman–Crippen MR) is 74.3 cm³/mol. The van der Waals surface area contributed by atoms with Gasteiger partial charge in [-0.2, -0.15) is 0 Å². The Morgan fingerprint density at radius 3 is 2.68 bits per heavy atom. The number of thioether (sulfide) groups is 1. The first kappa shape index (κ1) is 14.2. The van der Waals surface area contributed by atoms with Gasteiger partial charge in [0.15, 0.2) is 0 Å². The van der Waals surface area contributed by atoms with Gasteiger partial charge in [-0.25, -0.2) is 0 Å². The Morgan fingerprint density at radius 1 is 1.42 bits per heavy atom. The van der Waals surface area contributed by atoms with Crippen LogP contribution in [0.2, 0.25) is 0 Å². The van der Waals surface area contributed by atoms with Crippen LogP contribution in [0.15, 0.2) is 34.2 Å². The van der Waals surface area contributed by atoms with Crippen molar-refractivity contribution in [2.24, 2.45) is 0 Å². The van der Waals surface area contributed by atoms with Crippen LogP contribution >= 0.6 is 11.8 Å². The molecule has 4 nitrogen and oxygen atoms in total. The molecule has 2 rings (SSSR count). The van der Waals surface area contributed by atoms with E-state index in [-0.39, 0.29) is 20.4 Å². The van der Waals surface area contributed by atoms with Gasteiger partial charge in [0.25, 0.3) is 0 Å². The topological polar surface area (TPSA) is 50.4 Å². The first-order valence-electron chi connectivity index (χ1n) is 5.73. The molecule has 2 aromatic rings. The summed E-state index contributed by atoms with van der Waals surface area (Å²) in [6.07, 6.45) is 1.94. The number of benzene rings is 1. The predicted octanol–water partition coefficient (Wildman–Crippen LogP) is 1.62. The number of esters is 1. The van der Waals surface area contributed by atoms with Crippen molar-refractivity contribution in [1.29, 1.82) is 0 Å². The van der Waals surface area contributed by atoms with Gasteiger partial charge < -0.3 is 0 Å². The third-order valence-corrected chi connectivity index (χ3v) is 6.36. The van der Waals surface area contributed by atoms with Gasteiger partial charge in [0, 0.05) is 0 Å². The fourth-order valence-corrected chi connectivity index (χ4v) is 4.69. The van der Waals surface area contributed by atoms with Gasteiger partial charge in [0.1, 0.15) is 0 Å². The van der Waals surface area contributed by atoms with Crippen molar-refractivity contribution in [2.45, 2.75) is 10.8 Å². The van der Waals surface area contributed by atoms with Gasteiger partial charge in [0.2, 0.25) is 0 Å². The second-order valence-corrected chi connectivity index (χ2v) is 7.09. The normalized spacial score (nSPS) is 10.4. The van der Waals surface area contributed by atoms with Crippen molar-refractivity contribution >= 4 is 32.2 Å². The average molecular weight is 343 g/mol. The fourth-order valence-electron chi connectivity index (χ4n) is 1.63. The standard InChI is InChI=1S/C13H13NO3SSe/c1-3-17-12(16)10-11(15)14(13(18-2)19-10)9-7-5-4-6-8-9/h4-8H,3H2,1-2H3/p+1. The van der Waals surface area contributed by atoms with Crippen molar-refractivity contribution in [3.8, 4) is 11.6 Å². The molecule has 0 amide bonds. The van der Waals surface area contributed by atoms with E-state index in [2.05, 4.69) is 0 Å². The summed E-state index contributed by atoms with van der Waals surface area (Å²) in [5, 5.41) is 10.3. The molecule has 0 aliphatic rings. The summed E-state index contributed by atoms with van der Waals surface area (Å²) in [6.45, 7) is 2.07. The second kappa shape index (κ2) is 6.28. The second-order valence-electron chi connectivity index (χ2n) is 3.62. The van der Waals surface area contributed by atoms with Gasteiger partial charge in [0.05, 0.1) is 0 Å². The first-order valence-corrected chi connectivity index (χ1v) is 8.67. The van der Waals surface area contributed by atoms with Crippen molar-refractivity contribution in [1.82, 2.24) is 0 Å². The zero-order chi connectivity index (χ0) is 13.8. The number of carbonyl (C=O) groups excluding carboxylic acids is 1. The molecule has 6 heteroatoms. The Balaban J connectivity index is 2.52. The molecule has 19 heavy (non-hydrogen) atoms. The van der Waals surface area contributed by atoms with Crippen LogP contribution in [0.25, 0.3) is 5.69 Å². The molecule has 0 radical (unpaired) electrons. The molecule has 100 valence electrons. The molecule has 0 fully saturated rings. The number of rotatable bonds is 4. The first-order chi connectivity index (χ1) is 9.19. The minimum atomic E-state index is -0.426. The SMILES string of the molecule is CCOC(=O)c1[se]c(SC)[n+](-c2ccccc2)c1O. The van der Waals surface area contributed by atoms with E-state index in [0.29, 0.717) is 11.0 Å². The van der Waals surface area contributed by atoms with Crippen molar-refractivity contribution in [3.63, 3.8) is 0 Å². The van der Waals surface area contributed by atoms with Gasteiger partial charge in [-0.05, 0) is 0 Å². The zero-order valence-electron chi connectivity index (χ0n) is 10.6. The maximum absolute atomic E-state index is 11.8. The maximum atomic E-state index is 11.8. The number of hydrogen-bond acceptors (Lipinski definition) is 4. The molecule has 1 aromatic heterocycles. The Labute approximate surface area is 121 Å². The van der Waals surface area contributed by atoms with Crippen LogP contribution < -0.4 is 4.57 Å². The van der Waals surface area contributed by atoms with Crippen LogP contribution in [-0.4, -0.2) is 38.4 Å². The Hall–Kier alpha value is -1.23. The molecule has 1 heterocycles. The van der Waals surface area contributed by atoms with E-state index < -0.39 is 5.97 Å². The number of aromatic hydroxyl groups is 1. The van der Waals surface area contributed by atoms with Gasteiger partial charge in [-0.3, -0.25) is 0 Å². The van der Waals surface area contributed by atoms with Gasteiger partial charge >= 0.3 is 121 Å². The van der Waals surface area contributed by atoms with E-state index in [1.165, 1.54) is 11.8 Å². The number of hydrogen-bond donors (Lipinski definition) is 1. The van der Waals surface area contributed by atoms with Crippen LogP contribution in [0.3, 0.4) is 0 Å². The molecule has 0 unspecified atom stereocenters. The summed E-state index contributed by atoms with van der Waals surface area (Å²) >= 11 is 1.32. The Kier molecular flexibility index (Phi) is 4.69. The molecular weight excluding hydrogens is 329 g/mol. The van der Waals surface area contributed by atoms with Gasteiger partial charge in [-0.1, -0.05) is 0 Å². The molecule has 0 bridgehead atoms. The summed E-state index contributed by atoms with van der Waals surface area (Å²) in [5.74, 6) is -0.431. The van der Waals surface area contributed by atoms with Crippen molar-refractivity contribution in [3.05, 3.63) is 34.8 Å². The van der Waals surface area contributed by atoms with E-state index in [1.54, 1.807) is 11.5 Å². The molecule has 0 saturated carbocycles. The van der Waals surface area contributed by atoms with Crippen molar-refractivity contribution < 1.29 is 19.2 Å². The van der Waals surface area contributed by atoms with Gasteiger partial charge in [-0.15, -0.1) is 0 Å². The monoisotopic (exact) mass is 344 g/mol. The van der Waals surface area contributed by atoms with E-state index in [9.17, 15) is 9.90 Å². The van der Waals surface area contributed by atoms with Crippen LogP contribution in [-0.2, 0) is 4.74 Å². The third-order valence-electron chi connectivity index (χ3n) is 2.44. The summed E-state index contributed by atoms with van der Waals surface area (Å²) in [7, 11) is 0. The Bertz CT molecular complexity index is 583. The molecule has 1 aromatic carbocycles. The number of ether oxygens (including phenoxy) is 1. The van der Waals surface area contributed by atoms with E-state index in [1.807, 2.05) is 36.6 Å². The molecule has 0 spiro atoms. The molecule has 0 saturated heterocycles. The zero-order valence-corrected chi connectivity index (χ0v) is 13.2. The molecule has 1 N–H and O–H groups in total. The van der Waals surface area contributed by atoms with E-state index in [0.717, 1.165) is 9.59 Å². The molecule has 0 aliphatic carbocycles. The van der Waals surface area contributed by atoms with Crippen LogP contribution in [0.4, 0.5) is 0 Å². The summed E-state index contributed by atoms with van der Waals surface area (Å²) in [6, 6.07) is 9.51. The number of carbonyl (C=O) groups is 1. The summed E-state index contributed by atoms with van der Waals surface area (Å²) in [4.78, 5) is 11.8. The summed E-state index contributed by atoms with van der Waals surface area (Å²) in [5.41, 5.74) is 0.852. The molecule has 0 aliphatic heterocycles. The third kappa shape index (κ3) is 2.86. The summed E-state index contributed by atoms with van der Waals surface area (Å²) < 4.78 is 8.05. The number of nitrogens with zero attached hydrogens (tertiary/aromatic N) is 1.